The predicted molar refractivity (Wildman–Crippen MR) is 63.2 cm³/mol. The minimum Gasteiger partial charge on any atom is -0.505 e. The predicted octanol–water partition coefficient (Wildman–Crippen LogP) is -0.458. The summed E-state index contributed by atoms with van der Waals surface area (Å²) in [4.78, 5) is 23.0. The standard InChI is InChI=1S/C11H10N4O3/c12-13-11(18)10-8(16)6-9(17)15(14-10)7-4-2-1-3-5-7/h1-6,16H,12H2,(H,13,18). The summed E-state index contributed by atoms with van der Waals surface area (Å²) in [6.07, 6.45) is 0. The van der Waals surface area contributed by atoms with Crippen molar-refractivity contribution in [3.63, 3.8) is 0 Å². The number of aromatic nitrogens is 2. The number of nitrogen functional groups attached to an aromatic ring is 1. The summed E-state index contributed by atoms with van der Waals surface area (Å²) >= 11 is 0. The third-order valence-corrected chi connectivity index (χ3v) is 2.26. The fraction of sp³-hybridized carbons (Fsp3) is 0. The molecule has 2 rings (SSSR count). The average Bonchev–Trinajstić information content (AvgIpc) is 2.39. The van der Waals surface area contributed by atoms with Crippen LogP contribution in [0.5, 0.6) is 5.75 Å². The Morgan fingerprint density at radius 3 is 2.61 bits per heavy atom. The number of nitrogens with one attached hydrogen (secondary N) is 1. The zero-order chi connectivity index (χ0) is 13.1. The van der Waals surface area contributed by atoms with Gasteiger partial charge in [-0.3, -0.25) is 15.0 Å². The van der Waals surface area contributed by atoms with Crippen LogP contribution in [0, 0.1) is 0 Å². The molecule has 0 aliphatic rings. The van der Waals surface area contributed by atoms with Crippen molar-refractivity contribution in [1.29, 1.82) is 0 Å². The van der Waals surface area contributed by atoms with Crippen LogP contribution in [0.15, 0.2) is 41.2 Å². The Morgan fingerprint density at radius 2 is 2.00 bits per heavy atom. The lowest BCUT2D eigenvalue weighted by molar-refractivity contribution is 0.0943. The molecule has 1 heterocycles. The number of hydrazine groups is 1. The number of hydrogen-bond donors (Lipinski definition) is 3. The third kappa shape index (κ3) is 2.06. The van der Waals surface area contributed by atoms with Gasteiger partial charge in [-0.05, 0) is 12.1 Å². The van der Waals surface area contributed by atoms with Crippen LogP contribution in [0.1, 0.15) is 10.5 Å². The monoisotopic (exact) mass is 246 g/mol. The summed E-state index contributed by atoms with van der Waals surface area (Å²) in [5, 5.41) is 13.2. The van der Waals surface area contributed by atoms with E-state index >= 15 is 0 Å². The number of carbonyl (C=O) groups is 1. The van der Waals surface area contributed by atoms with Crippen LogP contribution in [-0.2, 0) is 0 Å². The van der Waals surface area contributed by atoms with E-state index in [0.717, 1.165) is 10.7 Å². The number of nitrogens with two attached hydrogens (primary N) is 1. The van der Waals surface area contributed by atoms with Crippen molar-refractivity contribution in [2.75, 3.05) is 0 Å². The van der Waals surface area contributed by atoms with Crippen molar-refractivity contribution >= 4 is 5.91 Å². The zero-order valence-corrected chi connectivity index (χ0v) is 9.20. The maximum absolute atomic E-state index is 11.7. The molecule has 0 fully saturated rings. The second-order valence-electron chi connectivity index (χ2n) is 3.44. The summed E-state index contributed by atoms with van der Waals surface area (Å²) < 4.78 is 1.00. The van der Waals surface area contributed by atoms with Gasteiger partial charge >= 0.3 is 0 Å². The number of para-hydroxylation sites is 1. The van der Waals surface area contributed by atoms with Crippen LogP contribution >= 0.6 is 0 Å². The van der Waals surface area contributed by atoms with E-state index in [4.69, 9.17) is 5.84 Å². The Balaban J connectivity index is 2.63. The van der Waals surface area contributed by atoms with Crippen molar-refractivity contribution in [2.24, 2.45) is 5.84 Å². The molecular weight excluding hydrogens is 236 g/mol. The van der Waals surface area contributed by atoms with Crippen molar-refractivity contribution in [1.82, 2.24) is 15.2 Å². The van der Waals surface area contributed by atoms with Crippen LogP contribution in [0.3, 0.4) is 0 Å². The fourth-order valence-electron chi connectivity index (χ4n) is 1.43. The molecule has 0 aliphatic heterocycles. The van der Waals surface area contributed by atoms with E-state index in [9.17, 15) is 14.7 Å². The second-order valence-corrected chi connectivity index (χ2v) is 3.44. The molecule has 4 N–H and O–H groups in total. The maximum Gasteiger partial charge on any atom is 0.289 e. The summed E-state index contributed by atoms with van der Waals surface area (Å²) in [5.74, 6) is 3.66. The number of aromatic hydroxyl groups is 1. The first kappa shape index (κ1) is 11.8. The SMILES string of the molecule is NNC(=O)c1nn(-c2ccccc2)c(=O)cc1O. The Labute approximate surface area is 101 Å². The van der Waals surface area contributed by atoms with Gasteiger partial charge in [0.15, 0.2) is 11.4 Å². The van der Waals surface area contributed by atoms with Gasteiger partial charge in [0.2, 0.25) is 0 Å². The molecule has 0 unspecified atom stereocenters. The van der Waals surface area contributed by atoms with Gasteiger partial charge in [0.05, 0.1) is 5.69 Å². The lowest BCUT2D eigenvalue weighted by Crippen LogP contribution is -2.33. The molecule has 0 aliphatic carbocycles. The summed E-state index contributed by atoms with van der Waals surface area (Å²) in [6.45, 7) is 0. The molecule has 0 saturated carbocycles. The minimum absolute atomic E-state index is 0.319. The highest BCUT2D eigenvalue weighted by molar-refractivity contribution is 5.94. The van der Waals surface area contributed by atoms with Crippen LogP contribution in [0.2, 0.25) is 0 Å². The van der Waals surface area contributed by atoms with E-state index in [-0.39, 0.29) is 5.69 Å². The molecule has 1 aromatic heterocycles. The van der Waals surface area contributed by atoms with Gasteiger partial charge in [0, 0.05) is 6.07 Å². The molecule has 0 radical (unpaired) electrons. The van der Waals surface area contributed by atoms with Crippen LogP contribution in [0.25, 0.3) is 5.69 Å². The molecular formula is C11H10N4O3. The second kappa shape index (κ2) is 4.68. The normalized spacial score (nSPS) is 10.1. The summed E-state index contributed by atoms with van der Waals surface area (Å²) in [6, 6.07) is 9.43. The highest BCUT2D eigenvalue weighted by atomic mass is 16.3. The van der Waals surface area contributed by atoms with Crippen molar-refractivity contribution in [2.45, 2.75) is 0 Å². The highest BCUT2D eigenvalue weighted by Crippen LogP contribution is 2.11. The first-order valence-electron chi connectivity index (χ1n) is 5.03. The third-order valence-electron chi connectivity index (χ3n) is 2.26. The van der Waals surface area contributed by atoms with E-state index in [2.05, 4.69) is 5.10 Å². The zero-order valence-electron chi connectivity index (χ0n) is 9.20. The lowest BCUT2D eigenvalue weighted by atomic mass is 10.3. The number of hydrogen-bond acceptors (Lipinski definition) is 5. The number of nitrogens with zero attached hydrogens (tertiary/aromatic N) is 2. The number of benzene rings is 1. The first-order valence-corrected chi connectivity index (χ1v) is 5.03. The molecule has 18 heavy (non-hydrogen) atoms. The molecule has 0 atom stereocenters. The Morgan fingerprint density at radius 1 is 1.33 bits per heavy atom. The number of rotatable bonds is 2. The maximum atomic E-state index is 11.7. The summed E-state index contributed by atoms with van der Waals surface area (Å²) in [7, 11) is 0. The molecule has 2 aromatic rings. The van der Waals surface area contributed by atoms with Gasteiger partial charge in [-0.2, -0.15) is 9.78 Å². The Bertz CT molecular complexity index is 636. The first-order chi connectivity index (χ1) is 8.63. The van der Waals surface area contributed by atoms with Crippen molar-refractivity contribution in [3.05, 3.63) is 52.4 Å². The van der Waals surface area contributed by atoms with E-state index in [1.807, 2.05) is 5.43 Å². The van der Waals surface area contributed by atoms with Gasteiger partial charge in [0.1, 0.15) is 0 Å². The highest BCUT2D eigenvalue weighted by Gasteiger charge is 2.15. The smallest absolute Gasteiger partial charge is 0.289 e. The molecule has 7 heteroatoms. The van der Waals surface area contributed by atoms with E-state index in [0.29, 0.717) is 5.69 Å². The minimum atomic E-state index is -0.780. The van der Waals surface area contributed by atoms with Gasteiger partial charge < -0.3 is 5.11 Å². The van der Waals surface area contributed by atoms with Gasteiger partial charge in [-0.15, -0.1) is 0 Å². The quantitative estimate of drug-likeness (QED) is 0.377. The molecule has 1 aromatic carbocycles. The molecule has 0 bridgehead atoms. The molecule has 7 nitrogen and oxygen atoms in total. The molecule has 0 saturated heterocycles. The fourth-order valence-corrected chi connectivity index (χ4v) is 1.43. The number of amides is 1. The van der Waals surface area contributed by atoms with Crippen molar-refractivity contribution < 1.29 is 9.90 Å². The Kier molecular flexibility index (Phi) is 3.07. The van der Waals surface area contributed by atoms with Crippen molar-refractivity contribution in [3.8, 4) is 11.4 Å². The summed E-state index contributed by atoms with van der Waals surface area (Å²) in [5.41, 5.74) is 1.46. The largest absolute Gasteiger partial charge is 0.505 e. The van der Waals surface area contributed by atoms with Gasteiger partial charge in [0.25, 0.3) is 11.5 Å². The average molecular weight is 246 g/mol. The van der Waals surface area contributed by atoms with E-state index < -0.39 is 17.2 Å². The van der Waals surface area contributed by atoms with Crippen LogP contribution in [-0.4, -0.2) is 20.8 Å². The Hall–Kier alpha value is -2.67. The molecule has 92 valence electrons. The topological polar surface area (TPSA) is 110 Å². The molecule has 0 spiro atoms. The van der Waals surface area contributed by atoms with Gasteiger partial charge in [-0.1, -0.05) is 18.2 Å². The van der Waals surface area contributed by atoms with E-state index in [1.54, 1.807) is 30.3 Å². The van der Waals surface area contributed by atoms with Gasteiger partial charge in [-0.25, -0.2) is 5.84 Å². The lowest BCUT2D eigenvalue weighted by Gasteiger charge is -2.07. The van der Waals surface area contributed by atoms with Crippen LogP contribution < -0.4 is 16.8 Å². The van der Waals surface area contributed by atoms with Crippen LogP contribution in [0.4, 0.5) is 0 Å². The van der Waals surface area contributed by atoms with E-state index in [1.165, 1.54) is 0 Å². The number of carbonyl (C=O) groups excluding carboxylic acids is 1. The molecule has 1 amide bonds.